The summed E-state index contributed by atoms with van der Waals surface area (Å²) < 4.78 is 87.0. The zero-order valence-electron chi connectivity index (χ0n) is 19.3. The number of hydrogen-bond donors (Lipinski definition) is 0. The molecule has 0 aliphatic heterocycles. The molecule has 11 heteroatoms. The van der Waals surface area contributed by atoms with Gasteiger partial charge in [0, 0.05) is 17.3 Å². The van der Waals surface area contributed by atoms with Gasteiger partial charge in [-0.15, -0.1) is 0 Å². The van der Waals surface area contributed by atoms with Crippen LogP contribution in [0.1, 0.15) is 39.7 Å². The van der Waals surface area contributed by atoms with Gasteiger partial charge in [-0.25, -0.2) is 14.3 Å². The van der Waals surface area contributed by atoms with Gasteiger partial charge < -0.3 is 4.74 Å². The quantitative estimate of drug-likeness (QED) is 0.223. The molecule has 4 aromatic rings. The van der Waals surface area contributed by atoms with Crippen molar-refractivity contribution in [3.8, 4) is 22.4 Å². The molecular formula is C25H19F6N3O2. The number of halogens is 6. The van der Waals surface area contributed by atoms with Gasteiger partial charge in [-0.1, -0.05) is 6.07 Å². The summed E-state index contributed by atoms with van der Waals surface area (Å²) >= 11 is 0. The van der Waals surface area contributed by atoms with Gasteiger partial charge in [-0.3, -0.25) is 0 Å². The first kappa shape index (κ1) is 25.2. The van der Waals surface area contributed by atoms with E-state index in [1.54, 1.807) is 6.92 Å². The van der Waals surface area contributed by atoms with Gasteiger partial charge in [0.1, 0.15) is 5.69 Å². The smallest absolute Gasteiger partial charge is 0.416 e. The number of rotatable bonds is 4. The second-order valence-electron chi connectivity index (χ2n) is 8.18. The van der Waals surface area contributed by atoms with E-state index in [0.717, 1.165) is 28.8 Å². The van der Waals surface area contributed by atoms with E-state index >= 15 is 0 Å². The van der Waals surface area contributed by atoms with E-state index in [0.29, 0.717) is 5.56 Å². The van der Waals surface area contributed by atoms with Gasteiger partial charge in [0.2, 0.25) is 0 Å². The Morgan fingerprint density at radius 1 is 0.889 bits per heavy atom. The van der Waals surface area contributed by atoms with Gasteiger partial charge >= 0.3 is 18.3 Å². The van der Waals surface area contributed by atoms with Gasteiger partial charge in [0.05, 0.1) is 17.7 Å². The Bertz CT molecular complexity index is 1470. The van der Waals surface area contributed by atoms with Gasteiger partial charge in [0.25, 0.3) is 0 Å². The van der Waals surface area contributed by atoms with Crippen molar-refractivity contribution in [1.29, 1.82) is 0 Å². The Kier molecular flexibility index (Phi) is 6.27. The molecule has 0 unspecified atom stereocenters. The first-order valence-corrected chi connectivity index (χ1v) is 10.7. The van der Waals surface area contributed by atoms with E-state index in [-0.39, 0.29) is 45.9 Å². The third-order valence-corrected chi connectivity index (χ3v) is 5.38. The molecule has 2 aromatic carbocycles. The number of ether oxygens (including phenoxy) is 1. The second kappa shape index (κ2) is 8.96. The first-order valence-electron chi connectivity index (χ1n) is 10.7. The highest BCUT2D eigenvalue weighted by Crippen LogP contribution is 2.37. The number of aromatic nitrogens is 3. The Morgan fingerprint density at radius 2 is 1.44 bits per heavy atom. The standard InChI is InChI=1S/C25H19F6N3O2/c1-4-36-23(35)21-20(16-8-14(3)10-18(12-16)25(29,30)31)33-22-19(5-6-32-34(21)22)15-7-13(2)9-17(11-15)24(26,27)28/h5-12H,4H2,1-3H3. The third-order valence-electron chi connectivity index (χ3n) is 5.38. The van der Waals surface area contributed by atoms with Crippen LogP contribution in [0.3, 0.4) is 0 Å². The maximum atomic E-state index is 13.5. The van der Waals surface area contributed by atoms with Crippen LogP contribution in [0, 0.1) is 13.8 Å². The van der Waals surface area contributed by atoms with E-state index in [1.807, 2.05) is 0 Å². The molecule has 0 N–H and O–H groups in total. The normalized spacial score (nSPS) is 12.2. The van der Waals surface area contributed by atoms with Crippen LogP contribution in [0.5, 0.6) is 0 Å². The van der Waals surface area contributed by atoms with Crippen LogP contribution in [0.4, 0.5) is 26.3 Å². The first-order chi connectivity index (χ1) is 16.8. The van der Waals surface area contributed by atoms with Crippen LogP contribution in [0.15, 0.2) is 48.7 Å². The number of imidazole rings is 1. The number of fused-ring (bicyclic) bond motifs is 1. The summed E-state index contributed by atoms with van der Waals surface area (Å²) in [4.78, 5) is 17.3. The lowest BCUT2D eigenvalue weighted by atomic mass is 10.0. The van der Waals surface area contributed by atoms with E-state index in [2.05, 4.69) is 10.1 Å². The molecule has 0 atom stereocenters. The van der Waals surface area contributed by atoms with E-state index < -0.39 is 29.4 Å². The van der Waals surface area contributed by atoms with Crippen molar-refractivity contribution >= 4 is 11.6 Å². The minimum Gasteiger partial charge on any atom is -0.461 e. The maximum absolute atomic E-state index is 13.5. The van der Waals surface area contributed by atoms with Crippen molar-refractivity contribution in [3.05, 3.63) is 76.6 Å². The fraction of sp³-hybridized carbons (Fsp3) is 0.240. The minimum absolute atomic E-state index is 0.00987. The Morgan fingerprint density at radius 3 is 2.00 bits per heavy atom. The molecular weight excluding hydrogens is 488 g/mol. The van der Waals surface area contributed by atoms with Gasteiger partial charge in [-0.2, -0.15) is 31.4 Å². The zero-order chi connectivity index (χ0) is 26.4. The number of carbonyl (C=O) groups is 1. The summed E-state index contributed by atoms with van der Waals surface area (Å²) in [6.45, 7) is 4.50. The Balaban J connectivity index is 2.03. The molecule has 0 fully saturated rings. The molecule has 0 aliphatic rings. The van der Waals surface area contributed by atoms with E-state index in [1.165, 1.54) is 38.2 Å². The summed E-state index contributed by atoms with van der Waals surface area (Å²) in [5.74, 6) is -0.889. The maximum Gasteiger partial charge on any atom is 0.416 e. The lowest BCUT2D eigenvalue weighted by Gasteiger charge is -2.11. The Labute approximate surface area is 201 Å². The van der Waals surface area contributed by atoms with E-state index in [4.69, 9.17) is 4.74 Å². The molecule has 0 spiro atoms. The number of carbonyl (C=O) groups excluding carboxylic acids is 1. The molecule has 188 valence electrons. The topological polar surface area (TPSA) is 56.5 Å². The zero-order valence-corrected chi connectivity index (χ0v) is 19.3. The molecule has 0 radical (unpaired) electrons. The molecule has 0 bridgehead atoms. The lowest BCUT2D eigenvalue weighted by molar-refractivity contribution is -0.138. The van der Waals surface area contributed by atoms with E-state index in [9.17, 15) is 31.1 Å². The predicted molar refractivity (Wildman–Crippen MR) is 119 cm³/mol. The number of esters is 1. The van der Waals surface area contributed by atoms with Crippen molar-refractivity contribution in [3.63, 3.8) is 0 Å². The molecule has 0 aliphatic carbocycles. The number of aryl methyl sites for hydroxylation is 2. The fourth-order valence-corrected chi connectivity index (χ4v) is 3.94. The summed E-state index contributed by atoms with van der Waals surface area (Å²) in [5.41, 5.74) is -1.24. The van der Waals surface area contributed by atoms with Crippen molar-refractivity contribution in [2.75, 3.05) is 6.61 Å². The highest BCUT2D eigenvalue weighted by atomic mass is 19.4. The van der Waals surface area contributed by atoms with Crippen LogP contribution in [0.25, 0.3) is 28.0 Å². The molecule has 2 heterocycles. The van der Waals surface area contributed by atoms with Crippen LogP contribution in [-0.4, -0.2) is 27.2 Å². The molecule has 4 rings (SSSR count). The molecule has 2 aromatic heterocycles. The summed E-state index contributed by atoms with van der Waals surface area (Å²) in [6, 6.07) is 8.10. The summed E-state index contributed by atoms with van der Waals surface area (Å²) in [7, 11) is 0. The number of nitrogens with zero attached hydrogens (tertiary/aromatic N) is 3. The van der Waals surface area contributed by atoms with Gasteiger partial charge in [-0.05, 0) is 73.9 Å². The molecule has 0 saturated carbocycles. The average molecular weight is 507 g/mol. The highest BCUT2D eigenvalue weighted by molar-refractivity contribution is 5.97. The van der Waals surface area contributed by atoms with Crippen molar-refractivity contribution in [1.82, 2.24) is 14.6 Å². The molecule has 0 saturated heterocycles. The minimum atomic E-state index is -4.65. The second-order valence-corrected chi connectivity index (χ2v) is 8.18. The largest absolute Gasteiger partial charge is 0.461 e. The van der Waals surface area contributed by atoms with Crippen molar-refractivity contribution in [2.24, 2.45) is 0 Å². The summed E-state index contributed by atoms with van der Waals surface area (Å²) in [6.07, 6.45) is -7.98. The molecule has 36 heavy (non-hydrogen) atoms. The number of alkyl halides is 6. The fourth-order valence-electron chi connectivity index (χ4n) is 3.94. The van der Waals surface area contributed by atoms with Crippen LogP contribution >= 0.6 is 0 Å². The Hall–Kier alpha value is -3.89. The van der Waals surface area contributed by atoms with Crippen LogP contribution < -0.4 is 0 Å². The number of benzene rings is 2. The van der Waals surface area contributed by atoms with Crippen molar-refractivity contribution < 1.29 is 35.9 Å². The molecule has 5 nitrogen and oxygen atoms in total. The third kappa shape index (κ3) is 4.77. The van der Waals surface area contributed by atoms with Crippen LogP contribution in [0.2, 0.25) is 0 Å². The lowest BCUT2D eigenvalue weighted by Crippen LogP contribution is -2.11. The summed E-state index contributed by atoms with van der Waals surface area (Å²) in [5, 5.41) is 4.11. The van der Waals surface area contributed by atoms with Crippen molar-refractivity contribution in [2.45, 2.75) is 33.1 Å². The van der Waals surface area contributed by atoms with Crippen LogP contribution in [-0.2, 0) is 17.1 Å². The highest BCUT2D eigenvalue weighted by Gasteiger charge is 2.33. The predicted octanol–water partition coefficient (Wildman–Crippen LogP) is 6.89. The molecule has 0 amide bonds. The number of hydrogen-bond acceptors (Lipinski definition) is 4. The average Bonchev–Trinajstić information content (AvgIpc) is 3.17. The van der Waals surface area contributed by atoms with Gasteiger partial charge in [0.15, 0.2) is 11.3 Å². The SMILES string of the molecule is CCOC(=O)c1c(-c2cc(C)cc(C(F)(F)F)c2)nc2c(-c3cc(C)cc(C(F)(F)F)c3)ccnn12. The monoisotopic (exact) mass is 507 g/mol.